The number of ether oxygens (including phenoxy) is 1. The van der Waals surface area contributed by atoms with Gasteiger partial charge in [0.15, 0.2) is 0 Å². The summed E-state index contributed by atoms with van der Waals surface area (Å²) in [5, 5.41) is 28.6. The number of aliphatic hydroxyl groups excluding tert-OH is 3. The quantitative estimate of drug-likeness (QED) is 0.587. The Morgan fingerprint density at radius 3 is 2.67 bits per heavy atom. The van der Waals surface area contributed by atoms with Crippen LogP contribution in [0.15, 0.2) is 24.3 Å². The number of aliphatic hydroxyl groups is 3. The first-order chi connectivity index (χ1) is 8.70. The Balaban J connectivity index is 1.95. The highest BCUT2D eigenvalue weighted by atomic mass is 16.6. The highest BCUT2D eigenvalue weighted by Crippen LogP contribution is 2.32. The van der Waals surface area contributed by atoms with Gasteiger partial charge in [0.2, 0.25) is 0 Å². The van der Waals surface area contributed by atoms with E-state index < -0.39 is 24.4 Å². The SMILES string of the molecule is OC[C@H]1O[C@@H](c2nc3ccccc3[nH]2)[C@@H](O)[C@H]1O. The fourth-order valence-electron chi connectivity index (χ4n) is 2.23. The minimum absolute atomic E-state index is 0.338. The Bertz CT molecular complexity index is 523. The molecular weight excluding hydrogens is 236 g/mol. The van der Waals surface area contributed by atoms with Crippen molar-refractivity contribution in [2.24, 2.45) is 0 Å². The molecule has 2 heterocycles. The van der Waals surface area contributed by atoms with Gasteiger partial charge in [0.05, 0.1) is 17.6 Å². The molecule has 0 amide bonds. The van der Waals surface area contributed by atoms with Crippen LogP contribution in [0, 0.1) is 0 Å². The normalized spacial score (nSPS) is 32.2. The molecule has 0 saturated carbocycles. The van der Waals surface area contributed by atoms with Crippen LogP contribution in [-0.4, -0.2) is 50.2 Å². The second-order valence-electron chi connectivity index (χ2n) is 4.40. The number of fused-ring (bicyclic) bond motifs is 1. The van der Waals surface area contributed by atoms with Crippen molar-refractivity contribution in [3.8, 4) is 0 Å². The zero-order valence-corrected chi connectivity index (χ0v) is 9.52. The van der Waals surface area contributed by atoms with Gasteiger partial charge in [0, 0.05) is 0 Å². The summed E-state index contributed by atoms with van der Waals surface area (Å²) in [4.78, 5) is 7.36. The minimum atomic E-state index is -1.10. The molecule has 1 saturated heterocycles. The summed E-state index contributed by atoms with van der Waals surface area (Å²) in [6.45, 7) is -0.338. The van der Waals surface area contributed by atoms with E-state index in [2.05, 4.69) is 9.97 Å². The lowest BCUT2D eigenvalue weighted by Gasteiger charge is -2.11. The Morgan fingerprint density at radius 1 is 1.22 bits per heavy atom. The van der Waals surface area contributed by atoms with E-state index in [0.29, 0.717) is 5.82 Å². The molecule has 1 fully saturated rings. The predicted octanol–water partition coefficient (Wildman–Crippen LogP) is -0.283. The first-order valence-corrected chi connectivity index (χ1v) is 5.78. The van der Waals surface area contributed by atoms with Crippen molar-refractivity contribution >= 4 is 11.0 Å². The summed E-state index contributed by atoms with van der Waals surface area (Å²) in [6.07, 6.45) is -3.72. The summed E-state index contributed by atoms with van der Waals surface area (Å²) in [7, 11) is 0. The van der Waals surface area contributed by atoms with Gasteiger partial charge < -0.3 is 25.0 Å². The zero-order chi connectivity index (χ0) is 12.7. The van der Waals surface area contributed by atoms with Crippen LogP contribution in [0.2, 0.25) is 0 Å². The highest BCUT2D eigenvalue weighted by Gasteiger charge is 2.44. The van der Waals surface area contributed by atoms with Crippen molar-refractivity contribution in [3.63, 3.8) is 0 Å². The molecule has 6 heteroatoms. The standard InChI is InChI=1S/C12H14N2O4/c15-5-8-9(16)10(17)11(18-8)12-13-6-3-1-2-4-7(6)14-12/h1-4,8-11,15-17H,5H2,(H,13,14)/t8-,9+,10+,11-/m1/s1. The van der Waals surface area contributed by atoms with Gasteiger partial charge >= 0.3 is 0 Å². The summed E-state index contributed by atoms with van der Waals surface area (Å²) >= 11 is 0. The molecule has 0 spiro atoms. The Labute approximate surface area is 103 Å². The van der Waals surface area contributed by atoms with Crippen molar-refractivity contribution in [2.75, 3.05) is 6.61 Å². The zero-order valence-electron chi connectivity index (χ0n) is 9.52. The molecule has 1 aromatic carbocycles. The molecule has 96 valence electrons. The minimum Gasteiger partial charge on any atom is -0.394 e. The van der Waals surface area contributed by atoms with Crippen molar-refractivity contribution in [1.82, 2.24) is 9.97 Å². The molecule has 6 nitrogen and oxygen atoms in total. The molecule has 3 rings (SSSR count). The van der Waals surface area contributed by atoms with Crippen molar-refractivity contribution < 1.29 is 20.1 Å². The Kier molecular flexibility index (Phi) is 2.79. The third kappa shape index (κ3) is 1.70. The summed E-state index contributed by atoms with van der Waals surface area (Å²) in [6, 6.07) is 7.45. The molecule has 0 aliphatic carbocycles. The van der Waals surface area contributed by atoms with Gasteiger partial charge in [0.1, 0.15) is 30.2 Å². The van der Waals surface area contributed by atoms with E-state index in [1.54, 1.807) is 0 Å². The number of hydrogen-bond donors (Lipinski definition) is 4. The van der Waals surface area contributed by atoms with E-state index >= 15 is 0 Å². The number of H-pyrrole nitrogens is 1. The lowest BCUT2D eigenvalue weighted by molar-refractivity contribution is -0.0249. The van der Waals surface area contributed by atoms with Crippen LogP contribution >= 0.6 is 0 Å². The summed E-state index contributed by atoms with van der Waals surface area (Å²) in [5.41, 5.74) is 1.61. The molecule has 0 radical (unpaired) electrons. The molecule has 1 aliphatic heterocycles. The van der Waals surface area contributed by atoms with Crippen LogP contribution in [0.1, 0.15) is 11.9 Å². The lowest BCUT2D eigenvalue weighted by Crippen LogP contribution is -2.32. The average molecular weight is 250 g/mol. The third-order valence-electron chi connectivity index (χ3n) is 3.22. The van der Waals surface area contributed by atoms with Gasteiger partial charge in [-0.2, -0.15) is 0 Å². The molecule has 18 heavy (non-hydrogen) atoms. The van der Waals surface area contributed by atoms with Crippen LogP contribution in [-0.2, 0) is 4.74 Å². The van der Waals surface area contributed by atoms with Crippen molar-refractivity contribution in [2.45, 2.75) is 24.4 Å². The first-order valence-electron chi connectivity index (χ1n) is 5.78. The molecular formula is C12H14N2O4. The van der Waals surface area contributed by atoms with Gasteiger partial charge in [-0.1, -0.05) is 12.1 Å². The number of nitrogens with one attached hydrogen (secondary N) is 1. The second-order valence-corrected chi connectivity index (χ2v) is 4.40. The van der Waals surface area contributed by atoms with Crippen LogP contribution in [0.4, 0.5) is 0 Å². The number of nitrogens with zero attached hydrogens (tertiary/aromatic N) is 1. The number of aromatic nitrogens is 2. The van der Waals surface area contributed by atoms with Crippen LogP contribution in [0.25, 0.3) is 11.0 Å². The summed E-state index contributed by atoms with van der Waals surface area (Å²) < 4.78 is 5.41. The number of rotatable bonds is 2. The van der Waals surface area contributed by atoms with Gasteiger partial charge in [-0.05, 0) is 12.1 Å². The first kappa shape index (κ1) is 11.6. The highest BCUT2D eigenvalue weighted by molar-refractivity contribution is 5.74. The largest absolute Gasteiger partial charge is 0.394 e. The van der Waals surface area contributed by atoms with Crippen LogP contribution < -0.4 is 0 Å². The van der Waals surface area contributed by atoms with Crippen LogP contribution in [0.3, 0.4) is 0 Å². The molecule has 1 aliphatic rings. The number of hydrogen-bond acceptors (Lipinski definition) is 5. The van der Waals surface area contributed by atoms with Crippen molar-refractivity contribution in [1.29, 1.82) is 0 Å². The van der Waals surface area contributed by atoms with E-state index in [-0.39, 0.29) is 6.61 Å². The van der Waals surface area contributed by atoms with Crippen LogP contribution in [0.5, 0.6) is 0 Å². The predicted molar refractivity (Wildman–Crippen MR) is 62.8 cm³/mol. The van der Waals surface area contributed by atoms with E-state index in [9.17, 15) is 10.2 Å². The number of aromatic amines is 1. The maximum Gasteiger partial charge on any atom is 0.144 e. The van der Waals surface area contributed by atoms with E-state index in [4.69, 9.17) is 9.84 Å². The van der Waals surface area contributed by atoms with E-state index in [1.165, 1.54) is 0 Å². The third-order valence-corrected chi connectivity index (χ3v) is 3.22. The average Bonchev–Trinajstić information content (AvgIpc) is 2.92. The maximum atomic E-state index is 9.89. The molecule has 1 aromatic heterocycles. The molecule has 2 aromatic rings. The fraction of sp³-hybridized carbons (Fsp3) is 0.417. The van der Waals surface area contributed by atoms with Gasteiger partial charge in [0.25, 0.3) is 0 Å². The number of benzene rings is 1. The monoisotopic (exact) mass is 250 g/mol. The molecule has 0 bridgehead atoms. The summed E-state index contributed by atoms with van der Waals surface area (Å²) in [5.74, 6) is 0.457. The number of imidazole rings is 1. The Morgan fingerprint density at radius 2 is 2.00 bits per heavy atom. The fourth-order valence-corrected chi connectivity index (χ4v) is 2.23. The molecule has 0 unspecified atom stereocenters. The Hall–Kier alpha value is -1.47. The van der Waals surface area contributed by atoms with Gasteiger partial charge in [-0.15, -0.1) is 0 Å². The smallest absolute Gasteiger partial charge is 0.144 e. The van der Waals surface area contributed by atoms with E-state index in [0.717, 1.165) is 11.0 Å². The lowest BCUT2D eigenvalue weighted by atomic mass is 10.1. The topological polar surface area (TPSA) is 98.6 Å². The van der Waals surface area contributed by atoms with Gasteiger partial charge in [-0.25, -0.2) is 4.98 Å². The molecule has 4 N–H and O–H groups in total. The van der Waals surface area contributed by atoms with Gasteiger partial charge in [-0.3, -0.25) is 0 Å². The maximum absolute atomic E-state index is 9.89. The molecule has 4 atom stereocenters. The van der Waals surface area contributed by atoms with Crippen molar-refractivity contribution in [3.05, 3.63) is 30.1 Å². The number of para-hydroxylation sites is 2. The second kappa shape index (κ2) is 4.33. The van der Waals surface area contributed by atoms with E-state index in [1.807, 2.05) is 24.3 Å².